The van der Waals surface area contributed by atoms with Crippen molar-refractivity contribution < 1.29 is 9.72 Å². The lowest BCUT2D eigenvalue weighted by Crippen LogP contribution is -2.23. The molecule has 0 radical (unpaired) electrons. The maximum absolute atomic E-state index is 12.7. The molecule has 8 heteroatoms. The molecule has 1 saturated carbocycles. The van der Waals surface area contributed by atoms with E-state index in [0.29, 0.717) is 11.3 Å². The van der Waals surface area contributed by atoms with Gasteiger partial charge in [-0.3, -0.25) is 24.5 Å². The SMILES string of the molecule is O=C(NCc1ccccn1)c1ccc([N+](=O)[O-])c(-n2ccnc2C2CCCCC2)c1. The molecule has 0 spiro atoms. The second-order valence-electron chi connectivity index (χ2n) is 7.45. The molecule has 1 aromatic carbocycles. The number of nitrogens with one attached hydrogen (secondary N) is 1. The van der Waals surface area contributed by atoms with Gasteiger partial charge in [0.05, 0.1) is 17.2 Å². The van der Waals surface area contributed by atoms with Gasteiger partial charge in [0.2, 0.25) is 0 Å². The quantitative estimate of drug-likeness (QED) is 0.490. The van der Waals surface area contributed by atoms with E-state index in [-0.39, 0.29) is 24.1 Å². The number of nitro benzene ring substituents is 1. The Hall–Kier alpha value is -3.55. The fraction of sp³-hybridized carbons (Fsp3) is 0.318. The van der Waals surface area contributed by atoms with Gasteiger partial charge in [0.15, 0.2) is 0 Å². The number of aromatic nitrogens is 3. The Morgan fingerprint density at radius 1 is 1.13 bits per heavy atom. The summed E-state index contributed by atoms with van der Waals surface area (Å²) in [6, 6.07) is 9.92. The molecule has 2 aromatic heterocycles. The molecule has 1 amide bonds. The molecule has 0 aliphatic heterocycles. The number of carbonyl (C=O) groups excluding carboxylic acids is 1. The van der Waals surface area contributed by atoms with Gasteiger partial charge in [-0.1, -0.05) is 25.3 Å². The lowest BCUT2D eigenvalue weighted by Gasteiger charge is -2.22. The minimum absolute atomic E-state index is 0.0497. The largest absolute Gasteiger partial charge is 0.346 e. The van der Waals surface area contributed by atoms with Crippen LogP contribution in [0.1, 0.15) is 59.9 Å². The van der Waals surface area contributed by atoms with Crippen LogP contribution in [0.15, 0.2) is 55.0 Å². The van der Waals surface area contributed by atoms with Gasteiger partial charge >= 0.3 is 0 Å². The van der Waals surface area contributed by atoms with Gasteiger partial charge in [-0.05, 0) is 37.1 Å². The predicted molar refractivity (Wildman–Crippen MR) is 111 cm³/mol. The predicted octanol–water partition coefficient (Wildman–Crippen LogP) is 4.15. The first-order valence-electron chi connectivity index (χ1n) is 10.1. The molecule has 1 N–H and O–H groups in total. The highest BCUT2D eigenvalue weighted by molar-refractivity contribution is 5.95. The summed E-state index contributed by atoms with van der Waals surface area (Å²) in [5.41, 5.74) is 1.41. The van der Waals surface area contributed by atoms with Gasteiger partial charge in [-0.25, -0.2) is 4.98 Å². The van der Waals surface area contributed by atoms with Crippen LogP contribution in [0.2, 0.25) is 0 Å². The number of pyridine rings is 1. The van der Waals surface area contributed by atoms with Crippen molar-refractivity contribution in [3.8, 4) is 5.69 Å². The van der Waals surface area contributed by atoms with Crippen molar-refractivity contribution in [1.82, 2.24) is 19.9 Å². The Morgan fingerprint density at radius 2 is 1.97 bits per heavy atom. The Kier molecular flexibility index (Phi) is 5.83. The summed E-state index contributed by atoms with van der Waals surface area (Å²) < 4.78 is 1.77. The first kappa shape index (κ1) is 19.8. The molecular formula is C22H23N5O3. The average molecular weight is 405 g/mol. The third kappa shape index (κ3) is 4.22. The number of nitrogens with zero attached hydrogens (tertiary/aromatic N) is 4. The summed E-state index contributed by atoms with van der Waals surface area (Å²) >= 11 is 0. The lowest BCUT2D eigenvalue weighted by molar-refractivity contribution is -0.384. The summed E-state index contributed by atoms with van der Waals surface area (Å²) in [5.74, 6) is 0.787. The minimum Gasteiger partial charge on any atom is -0.346 e. The lowest BCUT2D eigenvalue weighted by atomic mass is 9.88. The van der Waals surface area contributed by atoms with Gasteiger partial charge in [0.1, 0.15) is 11.5 Å². The third-order valence-electron chi connectivity index (χ3n) is 5.49. The van der Waals surface area contributed by atoms with E-state index in [1.807, 2.05) is 18.2 Å². The highest BCUT2D eigenvalue weighted by Crippen LogP contribution is 2.34. The van der Waals surface area contributed by atoms with E-state index in [1.54, 1.807) is 29.2 Å². The minimum atomic E-state index is -0.421. The first-order valence-corrected chi connectivity index (χ1v) is 10.1. The standard InChI is InChI=1S/C22H23N5O3/c28-22(25-15-18-8-4-5-11-23-18)17-9-10-19(27(29)30)20(14-17)26-13-12-24-21(26)16-6-2-1-3-7-16/h4-5,8-14,16H,1-3,6-7,15H2,(H,25,28). The van der Waals surface area contributed by atoms with E-state index >= 15 is 0 Å². The first-order chi connectivity index (χ1) is 14.6. The molecule has 0 bridgehead atoms. The van der Waals surface area contributed by atoms with Crippen LogP contribution in [0.25, 0.3) is 5.69 Å². The van der Waals surface area contributed by atoms with Gasteiger partial charge in [0, 0.05) is 36.1 Å². The van der Waals surface area contributed by atoms with Crippen molar-refractivity contribution in [3.63, 3.8) is 0 Å². The Labute approximate surface area is 174 Å². The van der Waals surface area contributed by atoms with Crippen LogP contribution in [0.3, 0.4) is 0 Å². The van der Waals surface area contributed by atoms with Crippen molar-refractivity contribution in [3.05, 3.63) is 82.2 Å². The number of carbonyl (C=O) groups is 1. The Bertz CT molecular complexity index is 1040. The van der Waals surface area contributed by atoms with Crippen LogP contribution in [0.5, 0.6) is 0 Å². The number of amides is 1. The number of benzene rings is 1. The number of rotatable bonds is 6. The molecule has 3 aromatic rings. The van der Waals surface area contributed by atoms with Gasteiger partial charge in [0.25, 0.3) is 11.6 Å². The van der Waals surface area contributed by atoms with Crippen LogP contribution in [-0.4, -0.2) is 25.4 Å². The number of hydrogen-bond donors (Lipinski definition) is 1. The van der Waals surface area contributed by atoms with Crippen LogP contribution in [-0.2, 0) is 6.54 Å². The monoisotopic (exact) mass is 405 g/mol. The number of imidazole rings is 1. The van der Waals surface area contributed by atoms with Crippen molar-refractivity contribution in [2.45, 2.75) is 44.6 Å². The summed E-state index contributed by atoms with van der Waals surface area (Å²) in [7, 11) is 0. The smallest absolute Gasteiger partial charge is 0.293 e. The summed E-state index contributed by atoms with van der Waals surface area (Å²) in [6.07, 6.45) is 10.6. The number of nitro groups is 1. The van der Waals surface area contributed by atoms with Crippen LogP contribution in [0.4, 0.5) is 5.69 Å². The van der Waals surface area contributed by atoms with Crippen LogP contribution in [0, 0.1) is 10.1 Å². The normalized spacial score (nSPS) is 14.4. The average Bonchev–Trinajstić information content (AvgIpc) is 3.28. The topological polar surface area (TPSA) is 103 Å². The number of hydrogen-bond acceptors (Lipinski definition) is 5. The van der Waals surface area contributed by atoms with E-state index in [9.17, 15) is 14.9 Å². The molecule has 30 heavy (non-hydrogen) atoms. The molecule has 1 aliphatic rings. The van der Waals surface area contributed by atoms with E-state index in [2.05, 4.69) is 15.3 Å². The molecule has 8 nitrogen and oxygen atoms in total. The van der Waals surface area contributed by atoms with Crippen molar-refractivity contribution in [1.29, 1.82) is 0 Å². The molecule has 1 aliphatic carbocycles. The van der Waals surface area contributed by atoms with E-state index in [0.717, 1.165) is 37.2 Å². The molecule has 154 valence electrons. The second kappa shape index (κ2) is 8.86. The molecule has 1 fully saturated rings. The van der Waals surface area contributed by atoms with Gasteiger partial charge in [-0.15, -0.1) is 0 Å². The third-order valence-corrected chi connectivity index (χ3v) is 5.49. The van der Waals surface area contributed by atoms with Crippen LogP contribution >= 0.6 is 0 Å². The maximum atomic E-state index is 12.7. The summed E-state index contributed by atoms with van der Waals surface area (Å²) in [5, 5.41) is 14.5. The van der Waals surface area contributed by atoms with Crippen molar-refractivity contribution in [2.24, 2.45) is 0 Å². The van der Waals surface area contributed by atoms with Crippen molar-refractivity contribution >= 4 is 11.6 Å². The highest BCUT2D eigenvalue weighted by atomic mass is 16.6. The highest BCUT2D eigenvalue weighted by Gasteiger charge is 2.25. The Balaban J connectivity index is 1.63. The maximum Gasteiger partial charge on any atom is 0.293 e. The summed E-state index contributed by atoms with van der Waals surface area (Å²) in [6.45, 7) is 0.282. The molecule has 0 saturated heterocycles. The fourth-order valence-electron chi connectivity index (χ4n) is 3.97. The zero-order valence-corrected chi connectivity index (χ0v) is 16.5. The van der Waals surface area contributed by atoms with E-state index in [1.165, 1.54) is 18.6 Å². The molecule has 0 unspecified atom stereocenters. The molecule has 0 atom stereocenters. The van der Waals surface area contributed by atoms with Gasteiger partial charge in [-0.2, -0.15) is 0 Å². The van der Waals surface area contributed by atoms with Crippen molar-refractivity contribution in [2.75, 3.05) is 0 Å². The van der Waals surface area contributed by atoms with Crippen LogP contribution < -0.4 is 5.32 Å². The molecular weight excluding hydrogens is 382 g/mol. The molecule has 4 rings (SSSR count). The zero-order chi connectivity index (χ0) is 20.9. The summed E-state index contributed by atoms with van der Waals surface area (Å²) in [4.78, 5) is 32.6. The van der Waals surface area contributed by atoms with E-state index in [4.69, 9.17) is 0 Å². The fourth-order valence-corrected chi connectivity index (χ4v) is 3.97. The van der Waals surface area contributed by atoms with Gasteiger partial charge < -0.3 is 5.32 Å². The zero-order valence-electron chi connectivity index (χ0n) is 16.5. The molecule has 2 heterocycles. The Morgan fingerprint density at radius 3 is 2.70 bits per heavy atom. The van der Waals surface area contributed by atoms with E-state index < -0.39 is 4.92 Å². The second-order valence-corrected chi connectivity index (χ2v) is 7.45.